The van der Waals surface area contributed by atoms with E-state index in [0.717, 1.165) is 12.1 Å². The van der Waals surface area contributed by atoms with Gasteiger partial charge < -0.3 is 16.4 Å². The number of hydrogen-bond donors (Lipinski definition) is 3. The molecule has 0 saturated carbocycles. The maximum atomic E-state index is 13.1. The van der Waals surface area contributed by atoms with Crippen molar-refractivity contribution in [3.8, 4) is 0 Å². The Kier molecular flexibility index (Phi) is 4.19. The van der Waals surface area contributed by atoms with E-state index >= 15 is 0 Å². The molecular formula is C11H13F2N3O2. The van der Waals surface area contributed by atoms with E-state index in [-0.39, 0.29) is 5.56 Å². The van der Waals surface area contributed by atoms with Gasteiger partial charge in [-0.05, 0) is 19.1 Å². The van der Waals surface area contributed by atoms with Crippen LogP contribution in [0.15, 0.2) is 12.1 Å². The molecule has 98 valence electrons. The van der Waals surface area contributed by atoms with Crippen LogP contribution in [0.5, 0.6) is 0 Å². The molecule has 1 aromatic carbocycles. The Hall–Kier alpha value is -2.18. The lowest BCUT2D eigenvalue weighted by atomic mass is 10.1. The van der Waals surface area contributed by atoms with Crippen LogP contribution in [0.4, 0.5) is 14.5 Å². The summed E-state index contributed by atoms with van der Waals surface area (Å²) in [5.74, 6) is -3.22. The molecule has 0 aliphatic rings. The highest BCUT2D eigenvalue weighted by atomic mass is 19.1. The maximum absolute atomic E-state index is 13.1. The van der Waals surface area contributed by atoms with Gasteiger partial charge in [-0.1, -0.05) is 0 Å². The van der Waals surface area contributed by atoms with Gasteiger partial charge in [0.1, 0.15) is 23.4 Å². The minimum Gasteiger partial charge on any atom is -0.394 e. The first-order chi connectivity index (χ1) is 8.36. The zero-order chi connectivity index (χ0) is 13.9. The summed E-state index contributed by atoms with van der Waals surface area (Å²) >= 11 is 0. The van der Waals surface area contributed by atoms with Crippen LogP contribution in [0.1, 0.15) is 17.3 Å². The summed E-state index contributed by atoms with van der Waals surface area (Å²) < 4.78 is 26.3. The van der Waals surface area contributed by atoms with Gasteiger partial charge in [-0.3, -0.25) is 9.59 Å². The normalized spacial score (nSPS) is 11.8. The quantitative estimate of drug-likeness (QED) is 0.686. The monoisotopic (exact) mass is 257 g/mol. The van der Waals surface area contributed by atoms with E-state index in [1.165, 1.54) is 14.0 Å². The highest BCUT2D eigenvalue weighted by Crippen LogP contribution is 2.17. The Balaban J connectivity index is 2.89. The van der Waals surface area contributed by atoms with Crippen molar-refractivity contribution < 1.29 is 18.4 Å². The minimum absolute atomic E-state index is 0.241. The van der Waals surface area contributed by atoms with Gasteiger partial charge in [0.05, 0.1) is 0 Å². The first-order valence-electron chi connectivity index (χ1n) is 5.13. The number of benzene rings is 1. The molecule has 0 aromatic heterocycles. The summed E-state index contributed by atoms with van der Waals surface area (Å²) in [5, 5.41) is 4.63. The molecule has 0 heterocycles. The third-order valence-electron chi connectivity index (χ3n) is 2.33. The van der Waals surface area contributed by atoms with E-state index in [2.05, 4.69) is 10.6 Å². The van der Waals surface area contributed by atoms with Crippen molar-refractivity contribution in [3.63, 3.8) is 0 Å². The predicted molar refractivity (Wildman–Crippen MR) is 61.8 cm³/mol. The Bertz CT molecular complexity index is 468. The molecule has 0 aliphatic heterocycles. The van der Waals surface area contributed by atoms with Gasteiger partial charge in [-0.2, -0.15) is 0 Å². The summed E-state index contributed by atoms with van der Waals surface area (Å²) in [6, 6.07) is 0.806. The summed E-state index contributed by atoms with van der Waals surface area (Å²) in [5.41, 5.74) is 4.19. The van der Waals surface area contributed by atoms with Crippen molar-refractivity contribution in [2.24, 2.45) is 0 Å². The van der Waals surface area contributed by atoms with Gasteiger partial charge in [0.25, 0.3) is 5.91 Å². The highest BCUT2D eigenvalue weighted by molar-refractivity contribution is 5.97. The molecule has 5 nitrogen and oxygen atoms in total. The van der Waals surface area contributed by atoms with Crippen LogP contribution in [-0.4, -0.2) is 24.9 Å². The van der Waals surface area contributed by atoms with Crippen LogP contribution in [0.2, 0.25) is 0 Å². The van der Waals surface area contributed by atoms with Crippen molar-refractivity contribution in [2.75, 3.05) is 12.8 Å². The van der Waals surface area contributed by atoms with Crippen LogP contribution in [0.3, 0.4) is 0 Å². The second-order valence-corrected chi connectivity index (χ2v) is 3.66. The van der Waals surface area contributed by atoms with Crippen LogP contribution >= 0.6 is 0 Å². The molecule has 7 heteroatoms. The zero-order valence-electron chi connectivity index (χ0n) is 9.88. The number of anilines is 1. The van der Waals surface area contributed by atoms with E-state index in [0.29, 0.717) is 0 Å². The molecule has 0 fully saturated rings. The lowest BCUT2D eigenvalue weighted by molar-refractivity contribution is -0.122. The molecule has 1 aromatic rings. The van der Waals surface area contributed by atoms with Crippen LogP contribution in [-0.2, 0) is 4.79 Å². The first kappa shape index (κ1) is 13.9. The van der Waals surface area contributed by atoms with E-state index in [9.17, 15) is 18.4 Å². The van der Waals surface area contributed by atoms with E-state index in [1.54, 1.807) is 0 Å². The van der Waals surface area contributed by atoms with Crippen LogP contribution in [0.25, 0.3) is 0 Å². The molecule has 1 unspecified atom stereocenters. The third-order valence-corrected chi connectivity index (χ3v) is 2.33. The number of rotatable bonds is 3. The Morgan fingerprint density at radius 1 is 1.28 bits per heavy atom. The summed E-state index contributed by atoms with van der Waals surface area (Å²) in [6.45, 7) is 1.45. The fraction of sp³-hybridized carbons (Fsp3) is 0.273. The Labute approximate surface area is 102 Å². The van der Waals surface area contributed by atoms with Gasteiger partial charge in [0.15, 0.2) is 0 Å². The lowest BCUT2D eigenvalue weighted by Crippen LogP contribution is -2.43. The SMILES string of the molecule is CNC(=O)C(C)NC(=O)c1cc(F)c(N)c(F)c1. The van der Waals surface area contributed by atoms with Gasteiger partial charge >= 0.3 is 0 Å². The number of hydrogen-bond acceptors (Lipinski definition) is 3. The molecule has 4 N–H and O–H groups in total. The molecule has 1 rings (SSSR count). The first-order valence-corrected chi connectivity index (χ1v) is 5.13. The van der Waals surface area contributed by atoms with Crippen molar-refractivity contribution in [1.29, 1.82) is 0 Å². The summed E-state index contributed by atoms with van der Waals surface area (Å²) in [6.07, 6.45) is 0. The van der Waals surface area contributed by atoms with E-state index in [4.69, 9.17) is 5.73 Å². The van der Waals surface area contributed by atoms with Crippen molar-refractivity contribution in [1.82, 2.24) is 10.6 Å². The molecule has 0 aliphatic carbocycles. The molecule has 0 radical (unpaired) electrons. The Morgan fingerprint density at radius 3 is 2.22 bits per heavy atom. The standard InChI is InChI=1S/C11H13F2N3O2/c1-5(10(17)15-2)16-11(18)6-3-7(12)9(14)8(13)4-6/h3-5H,14H2,1-2H3,(H,15,17)(H,16,18). The third kappa shape index (κ3) is 2.93. The fourth-order valence-electron chi connectivity index (χ4n) is 1.28. The summed E-state index contributed by atoms with van der Waals surface area (Å²) in [4.78, 5) is 22.8. The minimum atomic E-state index is -1.02. The van der Waals surface area contributed by atoms with E-state index in [1.807, 2.05) is 0 Å². The fourth-order valence-corrected chi connectivity index (χ4v) is 1.28. The zero-order valence-corrected chi connectivity index (χ0v) is 9.88. The molecular weight excluding hydrogens is 244 g/mol. The number of halogens is 2. The van der Waals surface area contributed by atoms with Gasteiger partial charge in [0, 0.05) is 12.6 Å². The highest BCUT2D eigenvalue weighted by Gasteiger charge is 2.17. The number of nitrogens with two attached hydrogens (primary N) is 1. The largest absolute Gasteiger partial charge is 0.394 e. The average molecular weight is 257 g/mol. The van der Waals surface area contributed by atoms with Crippen LogP contribution in [0, 0.1) is 11.6 Å². The van der Waals surface area contributed by atoms with Crippen molar-refractivity contribution in [2.45, 2.75) is 13.0 Å². The van der Waals surface area contributed by atoms with E-state index < -0.39 is 35.2 Å². The van der Waals surface area contributed by atoms with Gasteiger partial charge in [0.2, 0.25) is 5.91 Å². The van der Waals surface area contributed by atoms with Gasteiger partial charge in [-0.25, -0.2) is 8.78 Å². The molecule has 0 saturated heterocycles. The Morgan fingerprint density at radius 2 is 1.78 bits per heavy atom. The van der Waals surface area contributed by atoms with Crippen molar-refractivity contribution in [3.05, 3.63) is 29.3 Å². The average Bonchev–Trinajstić information content (AvgIpc) is 2.33. The number of carbonyl (C=O) groups excluding carboxylic acids is 2. The molecule has 1 atom stereocenters. The molecule has 0 bridgehead atoms. The molecule has 0 spiro atoms. The maximum Gasteiger partial charge on any atom is 0.252 e. The number of amides is 2. The smallest absolute Gasteiger partial charge is 0.252 e. The number of nitrogen functional groups attached to an aromatic ring is 1. The summed E-state index contributed by atoms with van der Waals surface area (Å²) in [7, 11) is 1.41. The molecule has 2 amide bonds. The second kappa shape index (κ2) is 5.44. The second-order valence-electron chi connectivity index (χ2n) is 3.66. The van der Waals surface area contributed by atoms with Crippen LogP contribution < -0.4 is 16.4 Å². The lowest BCUT2D eigenvalue weighted by Gasteiger charge is -2.12. The topological polar surface area (TPSA) is 84.2 Å². The predicted octanol–water partition coefficient (Wildman–Crippen LogP) is 0.411. The van der Waals surface area contributed by atoms with Crippen molar-refractivity contribution >= 4 is 17.5 Å². The van der Waals surface area contributed by atoms with Gasteiger partial charge in [-0.15, -0.1) is 0 Å². The number of carbonyl (C=O) groups is 2. The molecule has 18 heavy (non-hydrogen) atoms. The number of nitrogens with one attached hydrogen (secondary N) is 2. The number of likely N-dealkylation sites (N-methyl/N-ethyl adjacent to an activating group) is 1.